The molecule has 0 spiro atoms. The number of ether oxygens (including phenoxy) is 3. The number of hydrogen-bond donors (Lipinski definition) is 0. The van der Waals surface area contributed by atoms with Crippen molar-refractivity contribution in [2.45, 2.75) is 290 Å². The maximum Gasteiger partial charge on any atom is 0.306 e. The van der Waals surface area contributed by atoms with Crippen LogP contribution in [0.4, 0.5) is 0 Å². The van der Waals surface area contributed by atoms with Crippen molar-refractivity contribution in [1.29, 1.82) is 0 Å². The van der Waals surface area contributed by atoms with Gasteiger partial charge in [0.2, 0.25) is 0 Å². The van der Waals surface area contributed by atoms with Gasteiger partial charge in [0.05, 0.1) is 0 Å². The second-order valence-corrected chi connectivity index (χ2v) is 18.5. The van der Waals surface area contributed by atoms with Gasteiger partial charge in [-0.2, -0.15) is 0 Å². The molecule has 0 aromatic carbocycles. The van der Waals surface area contributed by atoms with Gasteiger partial charge in [0, 0.05) is 19.3 Å². The largest absolute Gasteiger partial charge is 0.462 e. The van der Waals surface area contributed by atoms with Gasteiger partial charge in [0.25, 0.3) is 0 Å². The Labute approximate surface area is 397 Å². The first-order chi connectivity index (χ1) is 31.5. The summed E-state index contributed by atoms with van der Waals surface area (Å²) in [7, 11) is 0. The fraction of sp³-hybridized carbons (Fsp3) is 0.810. The molecule has 0 saturated carbocycles. The second-order valence-electron chi connectivity index (χ2n) is 18.5. The van der Waals surface area contributed by atoms with E-state index in [1.165, 1.54) is 154 Å². The van der Waals surface area contributed by atoms with Crippen LogP contribution in [0.15, 0.2) is 48.6 Å². The summed E-state index contributed by atoms with van der Waals surface area (Å²) in [5, 5.41) is 0. The number of carbonyl (C=O) groups is 3. The van der Waals surface area contributed by atoms with Gasteiger partial charge in [0.1, 0.15) is 13.2 Å². The van der Waals surface area contributed by atoms with Gasteiger partial charge in [-0.15, -0.1) is 0 Å². The highest BCUT2D eigenvalue weighted by molar-refractivity contribution is 5.71. The molecule has 6 heteroatoms. The molecule has 6 nitrogen and oxygen atoms in total. The van der Waals surface area contributed by atoms with Gasteiger partial charge in [-0.1, -0.05) is 256 Å². The first-order valence-electron chi connectivity index (χ1n) is 27.6. The van der Waals surface area contributed by atoms with Crippen LogP contribution in [0, 0.1) is 0 Å². The van der Waals surface area contributed by atoms with Crippen LogP contribution in [0.5, 0.6) is 0 Å². The first kappa shape index (κ1) is 61.4. The predicted molar refractivity (Wildman–Crippen MR) is 275 cm³/mol. The van der Waals surface area contributed by atoms with Gasteiger partial charge in [-0.3, -0.25) is 14.4 Å². The van der Waals surface area contributed by atoms with E-state index in [0.717, 1.165) is 89.9 Å². The maximum absolute atomic E-state index is 12.5. The van der Waals surface area contributed by atoms with E-state index < -0.39 is 6.10 Å². The number of carbonyl (C=O) groups excluding carboxylic acids is 3. The zero-order chi connectivity index (χ0) is 46.5. The number of rotatable bonds is 50. The molecule has 0 fully saturated rings. The Kier molecular flexibility index (Phi) is 50.8. The normalized spacial score (nSPS) is 12.4. The van der Waals surface area contributed by atoms with E-state index in [0.29, 0.717) is 19.3 Å². The summed E-state index contributed by atoms with van der Waals surface area (Å²) < 4.78 is 16.5. The average Bonchev–Trinajstić information content (AvgIpc) is 3.29. The lowest BCUT2D eigenvalue weighted by Crippen LogP contribution is -2.30. The predicted octanol–water partition coefficient (Wildman–Crippen LogP) is 18.3. The minimum atomic E-state index is -0.760. The van der Waals surface area contributed by atoms with Crippen LogP contribution in [-0.2, 0) is 28.6 Å². The fourth-order valence-electron chi connectivity index (χ4n) is 7.96. The summed E-state index contributed by atoms with van der Waals surface area (Å²) in [5.41, 5.74) is 0. The van der Waals surface area contributed by atoms with Crippen molar-refractivity contribution >= 4 is 17.9 Å². The van der Waals surface area contributed by atoms with Crippen molar-refractivity contribution in [3.05, 3.63) is 48.6 Å². The van der Waals surface area contributed by atoms with Crippen LogP contribution < -0.4 is 0 Å². The van der Waals surface area contributed by atoms with Crippen LogP contribution in [-0.4, -0.2) is 37.2 Å². The molecule has 0 N–H and O–H groups in total. The Hall–Kier alpha value is -2.63. The van der Waals surface area contributed by atoms with Crippen molar-refractivity contribution < 1.29 is 28.6 Å². The molecule has 372 valence electrons. The SMILES string of the molecule is CC/C=C\C/C=C\C/C=C\C/C=C\CCCCCCCCCCCCCCCCCCCCCCCCC(=O)OCC(COC(=O)CCCCCCC)OC(=O)CCCCCCCC. The van der Waals surface area contributed by atoms with Crippen molar-refractivity contribution in [2.75, 3.05) is 13.2 Å². The first-order valence-corrected chi connectivity index (χ1v) is 27.6. The molecule has 0 bridgehead atoms. The van der Waals surface area contributed by atoms with E-state index in [1.54, 1.807) is 0 Å². The maximum atomic E-state index is 12.5. The molecular formula is C58H104O6. The highest BCUT2D eigenvalue weighted by atomic mass is 16.6. The smallest absolute Gasteiger partial charge is 0.306 e. The van der Waals surface area contributed by atoms with Crippen LogP contribution in [0.2, 0.25) is 0 Å². The lowest BCUT2D eigenvalue weighted by molar-refractivity contribution is -0.167. The molecule has 0 radical (unpaired) electrons. The van der Waals surface area contributed by atoms with Gasteiger partial charge < -0.3 is 14.2 Å². The van der Waals surface area contributed by atoms with Crippen molar-refractivity contribution in [1.82, 2.24) is 0 Å². The lowest BCUT2D eigenvalue weighted by Gasteiger charge is -2.18. The number of hydrogen-bond acceptors (Lipinski definition) is 6. The van der Waals surface area contributed by atoms with E-state index in [-0.39, 0.29) is 31.1 Å². The van der Waals surface area contributed by atoms with Crippen LogP contribution >= 0.6 is 0 Å². The third-order valence-electron chi connectivity index (χ3n) is 12.1. The standard InChI is InChI=1S/C58H104O6/c1-4-7-10-13-15-16-17-18-19-20-21-22-23-24-25-26-27-28-29-30-31-32-33-34-35-36-37-38-39-40-41-42-43-46-48-51-57(60)63-54-55(53-62-56(59)50-47-44-12-9-6-3)64-58(61)52-49-45-14-11-8-5-2/h7,10,15-16,18-19,21-22,55H,4-6,8-9,11-14,17,20,23-54H2,1-3H3/b10-7-,16-15-,19-18-,22-21-. The number of allylic oxidation sites excluding steroid dienone is 8. The highest BCUT2D eigenvalue weighted by Crippen LogP contribution is 2.17. The van der Waals surface area contributed by atoms with E-state index in [4.69, 9.17) is 14.2 Å². The molecule has 0 aromatic rings. The van der Waals surface area contributed by atoms with Gasteiger partial charge >= 0.3 is 17.9 Å². The second kappa shape index (κ2) is 53.0. The summed E-state index contributed by atoms with van der Waals surface area (Å²) in [4.78, 5) is 37.3. The molecule has 1 atom stereocenters. The van der Waals surface area contributed by atoms with Gasteiger partial charge in [-0.25, -0.2) is 0 Å². The molecule has 0 aliphatic carbocycles. The third kappa shape index (κ3) is 50.4. The van der Waals surface area contributed by atoms with E-state index in [1.807, 2.05) is 0 Å². The Bertz CT molecular complexity index is 1120. The minimum Gasteiger partial charge on any atom is -0.462 e. The van der Waals surface area contributed by atoms with Crippen LogP contribution in [0.3, 0.4) is 0 Å². The van der Waals surface area contributed by atoms with E-state index in [9.17, 15) is 14.4 Å². The topological polar surface area (TPSA) is 78.9 Å². The summed E-state index contributed by atoms with van der Waals surface area (Å²) in [6.45, 7) is 6.39. The molecule has 1 unspecified atom stereocenters. The highest BCUT2D eigenvalue weighted by Gasteiger charge is 2.19. The number of unbranched alkanes of at least 4 members (excludes halogenated alkanes) is 31. The molecular weight excluding hydrogens is 793 g/mol. The molecule has 0 saturated heterocycles. The average molecular weight is 897 g/mol. The van der Waals surface area contributed by atoms with Crippen molar-refractivity contribution in [2.24, 2.45) is 0 Å². The summed E-state index contributed by atoms with van der Waals surface area (Å²) >= 11 is 0. The molecule has 0 aromatic heterocycles. The molecule has 64 heavy (non-hydrogen) atoms. The minimum absolute atomic E-state index is 0.0687. The van der Waals surface area contributed by atoms with Gasteiger partial charge in [-0.05, 0) is 57.8 Å². The fourth-order valence-corrected chi connectivity index (χ4v) is 7.96. The zero-order valence-corrected chi connectivity index (χ0v) is 42.6. The van der Waals surface area contributed by atoms with Gasteiger partial charge in [0.15, 0.2) is 6.10 Å². The van der Waals surface area contributed by atoms with Crippen LogP contribution in [0.1, 0.15) is 284 Å². The molecule has 0 amide bonds. The Morgan fingerprint density at radius 1 is 0.328 bits per heavy atom. The summed E-state index contributed by atoms with van der Waals surface area (Å²) in [5.74, 6) is -0.885. The Morgan fingerprint density at radius 2 is 0.609 bits per heavy atom. The van der Waals surface area contributed by atoms with Crippen molar-refractivity contribution in [3.8, 4) is 0 Å². The number of esters is 3. The summed E-state index contributed by atoms with van der Waals surface area (Å²) in [6.07, 6.45) is 65.0. The van der Waals surface area contributed by atoms with E-state index >= 15 is 0 Å². The zero-order valence-electron chi connectivity index (χ0n) is 42.6. The summed E-state index contributed by atoms with van der Waals surface area (Å²) in [6, 6.07) is 0. The molecule has 0 aliphatic rings. The Morgan fingerprint density at radius 3 is 0.953 bits per heavy atom. The molecule has 0 aliphatic heterocycles. The van der Waals surface area contributed by atoms with Crippen LogP contribution in [0.25, 0.3) is 0 Å². The quantitative estimate of drug-likeness (QED) is 0.0262. The third-order valence-corrected chi connectivity index (χ3v) is 12.1. The molecule has 0 rings (SSSR count). The molecule has 0 heterocycles. The Balaban J connectivity index is 3.71. The van der Waals surface area contributed by atoms with Crippen molar-refractivity contribution in [3.63, 3.8) is 0 Å². The lowest BCUT2D eigenvalue weighted by atomic mass is 10.0. The van der Waals surface area contributed by atoms with E-state index in [2.05, 4.69) is 69.4 Å². The monoisotopic (exact) mass is 897 g/mol.